The molecule has 1 amide bonds. The number of methoxy groups -OCH3 is 1. The lowest BCUT2D eigenvalue weighted by Crippen LogP contribution is -2.28. The number of carbonyl (C=O) groups excluding carboxylic acids is 1. The lowest BCUT2D eigenvalue weighted by Gasteiger charge is -2.19. The van der Waals surface area contributed by atoms with Gasteiger partial charge in [-0.3, -0.25) is 4.79 Å². The Kier molecular flexibility index (Phi) is 6.28. The molecule has 2 rings (SSSR count). The summed E-state index contributed by atoms with van der Waals surface area (Å²) in [4.78, 5) is 12.0. The zero-order chi connectivity index (χ0) is 20.4. The van der Waals surface area contributed by atoms with Crippen LogP contribution in [-0.2, 0) is 10.0 Å². The van der Waals surface area contributed by atoms with Gasteiger partial charge in [-0.1, -0.05) is 12.1 Å². The Labute approximate surface area is 161 Å². The molecule has 6 nitrogen and oxygen atoms in total. The van der Waals surface area contributed by atoms with Gasteiger partial charge in [0.15, 0.2) is 0 Å². The third-order valence-electron chi connectivity index (χ3n) is 4.63. The van der Waals surface area contributed by atoms with Crippen LogP contribution in [0.2, 0.25) is 0 Å². The SMILES string of the molecule is CNC(=O)c1cc(S(=O)(=O)NC(C)c2cc(C)c(C)cc2C)ccc1OC. The normalized spacial score (nSPS) is 12.5. The van der Waals surface area contributed by atoms with Crippen molar-refractivity contribution in [2.75, 3.05) is 14.2 Å². The molecule has 1 atom stereocenters. The van der Waals surface area contributed by atoms with Gasteiger partial charge < -0.3 is 10.1 Å². The van der Waals surface area contributed by atoms with Crippen LogP contribution in [0, 0.1) is 20.8 Å². The first-order chi connectivity index (χ1) is 12.6. The van der Waals surface area contributed by atoms with Crippen LogP contribution in [0.5, 0.6) is 5.75 Å². The summed E-state index contributed by atoms with van der Waals surface area (Å²) in [5, 5.41) is 2.49. The highest BCUT2D eigenvalue weighted by molar-refractivity contribution is 7.89. The Morgan fingerprint density at radius 1 is 1.04 bits per heavy atom. The number of carbonyl (C=O) groups is 1. The van der Waals surface area contributed by atoms with Crippen LogP contribution in [0.4, 0.5) is 0 Å². The van der Waals surface area contributed by atoms with Gasteiger partial charge in [0.05, 0.1) is 17.6 Å². The van der Waals surface area contributed by atoms with Crippen LogP contribution in [0.1, 0.15) is 45.6 Å². The quantitative estimate of drug-likeness (QED) is 0.794. The molecule has 0 saturated carbocycles. The van der Waals surface area contributed by atoms with Gasteiger partial charge in [-0.15, -0.1) is 0 Å². The van der Waals surface area contributed by atoms with E-state index < -0.39 is 22.0 Å². The highest BCUT2D eigenvalue weighted by Gasteiger charge is 2.22. The molecule has 2 aromatic rings. The fourth-order valence-electron chi connectivity index (χ4n) is 2.98. The van der Waals surface area contributed by atoms with Crippen LogP contribution in [0.25, 0.3) is 0 Å². The molecule has 27 heavy (non-hydrogen) atoms. The molecule has 0 bridgehead atoms. The zero-order valence-corrected chi connectivity index (χ0v) is 17.3. The van der Waals surface area contributed by atoms with E-state index in [0.29, 0.717) is 5.75 Å². The lowest BCUT2D eigenvalue weighted by atomic mass is 9.97. The first kappa shape index (κ1) is 20.9. The van der Waals surface area contributed by atoms with Gasteiger partial charge >= 0.3 is 0 Å². The summed E-state index contributed by atoms with van der Waals surface area (Å²) in [6, 6.07) is 7.85. The van der Waals surface area contributed by atoms with Crippen LogP contribution < -0.4 is 14.8 Å². The van der Waals surface area contributed by atoms with Crippen LogP contribution in [0.3, 0.4) is 0 Å². The van der Waals surface area contributed by atoms with E-state index in [4.69, 9.17) is 4.74 Å². The van der Waals surface area contributed by atoms with Crippen LogP contribution in [0.15, 0.2) is 35.2 Å². The summed E-state index contributed by atoms with van der Waals surface area (Å²) in [6.45, 7) is 7.79. The molecule has 2 N–H and O–H groups in total. The van der Waals surface area contributed by atoms with Crippen LogP contribution >= 0.6 is 0 Å². The second kappa shape index (κ2) is 8.10. The Balaban J connectivity index is 2.39. The summed E-state index contributed by atoms with van der Waals surface area (Å²) >= 11 is 0. The molecule has 7 heteroatoms. The summed E-state index contributed by atoms with van der Waals surface area (Å²) in [7, 11) is -0.915. The average molecular weight is 391 g/mol. The average Bonchev–Trinajstić information content (AvgIpc) is 2.62. The van der Waals surface area contributed by atoms with Gasteiger partial charge in [0.2, 0.25) is 10.0 Å². The number of hydrogen-bond acceptors (Lipinski definition) is 4. The van der Waals surface area contributed by atoms with Crippen molar-refractivity contribution in [2.45, 2.75) is 38.6 Å². The largest absolute Gasteiger partial charge is 0.496 e. The zero-order valence-electron chi connectivity index (χ0n) is 16.5. The minimum absolute atomic E-state index is 0.00948. The topological polar surface area (TPSA) is 84.5 Å². The third-order valence-corrected chi connectivity index (χ3v) is 6.17. The van der Waals surface area contributed by atoms with Crippen molar-refractivity contribution in [1.29, 1.82) is 0 Å². The Morgan fingerprint density at radius 3 is 2.26 bits per heavy atom. The van der Waals surface area contributed by atoms with E-state index in [1.807, 2.05) is 32.9 Å². The fraction of sp³-hybridized carbons (Fsp3) is 0.350. The Hall–Kier alpha value is -2.38. The van der Waals surface area contributed by atoms with Gasteiger partial charge in [0, 0.05) is 13.1 Å². The van der Waals surface area contributed by atoms with Crippen molar-refractivity contribution in [3.8, 4) is 5.75 Å². The highest BCUT2D eigenvalue weighted by Crippen LogP contribution is 2.26. The van der Waals surface area contributed by atoms with Crippen molar-refractivity contribution < 1.29 is 17.9 Å². The molecule has 0 aliphatic heterocycles. The molecular weight excluding hydrogens is 364 g/mol. The summed E-state index contributed by atoms with van der Waals surface area (Å²) in [5.41, 5.74) is 4.37. The minimum atomic E-state index is -3.82. The van der Waals surface area contributed by atoms with Gasteiger partial charge in [-0.2, -0.15) is 0 Å². The molecule has 0 aromatic heterocycles. The minimum Gasteiger partial charge on any atom is -0.496 e. The van der Waals surface area contributed by atoms with Crippen molar-refractivity contribution in [2.24, 2.45) is 0 Å². The smallest absolute Gasteiger partial charge is 0.254 e. The lowest BCUT2D eigenvalue weighted by molar-refractivity contribution is 0.0960. The van der Waals surface area contributed by atoms with Gasteiger partial charge in [-0.05, 0) is 68.1 Å². The first-order valence-electron chi connectivity index (χ1n) is 8.61. The molecule has 1 unspecified atom stereocenters. The summed E-state index contributed by atoms with van der Waals surface area (Å²) in [6.07, 6.45) is 0. The van der Waals surface area contributed by atoms with Gasteiger partial charge in [-0.25, -0.2) is 13.1 Å². The maximum Gasteiger partial charge on any atom is 0.254 e. The molecular formula is C20H26N2O4S. The van der Waals surface area contributed by atoms with E-state index in [2.05, 4.69) is 10.0 Å². The summed E-state index contributed by atoms with van der Waals surface area (Å²) < 4.78 is 33.6. The first-order valence-corrected chi connectivity index (χ1v) is 10.1. The fourth-order valence-corrected chi connectivity index (χ4v) is 4.23. The van der Waals surface area contributed by atoms with Gasteiger partial charge in [0.25, 0.3) is 5.91 Å². The van der Waals surface area contributed by atoms with E-state index >= 15 is 0 Å². The molecule has 0 radical (unpaired) electrons. The highest BCUT2D eigenvalue weighted by atomic mass is 32.2. The van der Waals surface area contributed by atoms with E-state index in [9.17, 15) is 13.2 Å². The number of hydrogen-bond donors (Lipinski definition) is 2. The van der Waals surface area contributed by atoms with Crippen molar-refractivity contribution in [1.82, 2.24) is 10.0 Å². The Morgan fingerprint density at radius 2 is 1.67 bits per heavy atom. The third kappa shape index (κ3) is 4.48. The van der Waals surface area contributed by atoms with Crippen molar-refractivity contribution in [3.63, 3.8) is 0 Å². The summed E-state index contributed by atoms with van der Waals surface area (Å²) in [5.74, 6) is -0.103. The number of aryl methyl sites for hydroxylation is 3. The predicted molar refractivity (Wildman–Crippen MR) is 106 cm³/mol. The van der Waals surface area contributed by atoms with Crippen molar-refractivity contribution >= 4 is 15.9 Å². The molecule has 0 saturated heterocycles. The number of ether oxygens (including phenoxy) is 1. The second-order valence-electron chi connectivity index (χ2n) is 6.58. The molecule has 0 heterocycles. The van der Waals surface area contributed by atoms with E-state index in [1.54, 1.807) is 6.92 Å². The maximum absolute atomic E-state index is 12.9. The van der Waals surface area contributed by atoms with E-state index in [1.165, 1.54) is 32.4 Å². The second-order valence-corrected chi connectivity index (χ2v) is 8.29. The predicted octanol–water partition coefficient (Wildman–Crippen LogP) is 3.02. The molecule has 0 aliphatic carbocycles. The number of rotatable bonds is 6. The number of nitrogens with one attached hydrogen (secondary N) is 2. The van der Waals surface area contributed by atoms with Crippen LogP contribution in [-0.4, -0.2) is 28.5 Å². The Bertz CT molecular complexity index is 968. The number of benzene rings is 2. The number of amides is 1. The number of sulfonamides is 1. The van der Waals surface area contributed by atoms with E-state index in [0.717, 1.165) is 22.3 Å². The molecule has 0 aliphatic rings. The molecule has 2 aromatic carbocycles. The van der Waals surface area contributed by atoms with E-state index in [-0.39, 0.29) is 10.5 Å². The standard InChI is InChI=1S/C20H26N2O4S/c1-12-9-14(3)17(10-13(12)2)15(4)22-27(24,25)16-7-8-19(26-6)18(11-16)20(23)21-5/h7-11,15,22H,1-6H3,(H,21,23). The maximum atomic E-state index is 12.9. The molecule has 0 fully saturated rings. The molecule has 146 valence electrons. The van der Waals surface area contributed by atoms with Crippen molar-refractivity contribution in [3.05, 3.63) is 58.1 Å². The monoisotopic (exact) mass is 390 g/mol. The molecule has 0 spiro atoms. The van der Waals surface area contributed by atoms with Gasteiger partial charge in [0.1, 0.15) is 5.75 Å².